The molecule has 0 N–H and O–H groups in total. The fourth-order valence-corrected chi connectivity index (χ4v) is 5.73. The summed E-state index contributed by atoms with van der Waals surface area (Å²) in [5, 5.41) is 14.5. The van der Waals surface area contributed by atoms with Gasteiger partial charge in [0.1, 0.15) is 0 Å². The van der Waals surface area contributed by atoms with Crippen LogP contribution < -0.4 is 4.90 Å². The van der Waals surface area contributed by atoms with E-state index in [1.807, 2.05) is 47.0 Å². The van der Waals surface area contributed by atoms with Crippen LogP contribution in [0.3, 0.4) is 0 Å². The Morgan fingerprint density at radius 1 is 1.23 bits per heavy atom. The van der Waals surface area contributed by atoms with Crippen molar-refractivity contribution in [2.75, 3.05) is 17.2 Å². The van der Waals surface area contributed by atoms with Crippen molar-refractivity contribution < 1.29 is 4.79 Å². The first kappa shape index (κ1) is 19.5. The Labute approximate surface area is 186 Å². The van der Waals surface area contributed by atoms with Crippen molar-refractivity contribution in [3.8, 4) is 22.0 Å². The molecule has 1 amide bonds. The molecular formula is C21H19N5OS3. The third kappa shape index (κ3) is 3.57. The molecule has 0 saturated carbocycles. The molecule has 0 radical (unpaired) electrons. The number of thioether (sulfide) groups is 1. The lowest BCUT2D eigenvalue weighted by atomic mass is 10.1. The molecule has 0 aliphatic carbocycles. The van der Waals surface area contributed by atoms with Gasteiger partial charge >= 0.3 is 0 Å². The van der Waals surface area contributed by atoms with Crippen LogP contribution in [0.5, 0.6) is 0 Å². The lowest BCUT2D eigenvalue weighted by molar-refractivity contribution is -0.116. The van der Waals surface area contributed by atoms with E-state index in [0.717, 1.165) is 44.2 Å². The predicted molar refractivity (Wildman–Crippen MR) is 123 cm³/mol. The molecule has 4 heterocycles. The number of carbonyl (C=O) groups is 1. The predicted octanol–water partition coefficient (Wildman–Crippen LogP) is 4.66. The first-order chi connectivity index (χ1) is 14.6. The van der Waals surface area contributed by atoms with Gasteiger partial charge in [-0.25, -0.2) is 4.98 Å². The number of nitrogens with zero attached hydrogens (tertiary/aromatic N) is 5. The highest BCUT2D eigenvalue weighted by atomic mass is 32.2. The zero-order chi connectivity index (χ0) is 20.7. The van der Waals surface area contributed by atoms with Crippen molar-refractivity contribution in [3.05, 3.63) is 51.7 Å². The van der Waals surface area contributed by atoms with Crippen LogP contribution in [0.4, 0.5) is 5.69 Å². The number of anilines is 1. The Morgan fingerprint density at radius 3 is 2.90 bits per heavy atom. The normalized spacial score (nSPS) is 13.1. The average Bonchev–Trinajstić information content (AvgIpc) is 3.53. The molecule has 0 atom stereocenters. The van der Waals surface area contributed by atoms with Gasteiger partial charge in [-0.05, 0) is 42.5 Å². The highest BCUT2D eigenvalue weighted by Crippen LogP contribution is 2.33. The van der Waals surface area contributed by atoms with Crippen molar-refractivity contribution in [2.45, 2.75) is 18.5 Å². The van der Waals surface area contributed by atoms with Crippen molar-refractivity contribution in [2.24, 2.45) is 7.05 Å². The number of thiophene rings is 1. The molecule has 0 spiro atoms. The second-order valence-electron chi connectivity index (χ2n) is 7.02. The molecule has 0 unspecified atom stereocenters. The second kappa shape index (κ2) is 7.98. The van der Waals surface area contributed by atoms with E-state index >= 15 is 0 Å². The minimum absolute atomic E-state index is 0.0941. The average molecular weight is 454 g/mol. The maximum atomic E-state index is 12.9. The summed E-state index contributed by atoms with van der Waals surface area (Å²) >= 11 is 4.72. The van der Waals surface area contributed by atoms with Crippen molar-refractivity contribution in [3.63, 3.8) is 0 Å². The maximum absolute atomic E-state index is 12.9. The van der Waals surface area contributed by atoms with Gasteiger partial charge in [-0.2, -0.15) is 0 Å². The molecule has 0 bridgehead atoms. The van der Waals surface area contributed by atoms with Crippen LogP contribution >= 0.6 is 34.4 Å². The summed E-state index contributed by atoms with van der Waals surface area (Å²) in [4.78, 5) is 20.5. The number of carbonyl (C=O) groups excluding carboxylic acids is 1. The van der Waals surface area contributed by atoms with E-state index in [4.69, 9.17) is 0 Å². The Bertz CT molecular complexity index is 1210. The smallest absolute Gasteiger partial charge is 0.237 e. The molecule has 5 rings (SSSR count). The third-order valence-electron chi connectivity index (χ3n) is 5.09. The van der Waals surface area contributed by atoms with E-state index in [9.17, 15) is 4.79 Å². The number of benzene rings is 1. The summed E-state index contributed by atoms with van der Waals surface area (Å²) in [6.45, 7) is 2.73. The molecular weight excluding hydrogens is 434 g/mol. The monoisotopic (exact) mass is 453 g/mol. The van der Waals surface area contributed by atoms with Gasteiger partial charge in [0.15, 0.2) is 11.0 Å². The van der Waals surface area contributed by atoms with Crippen LogP contribution in [0.2, 0.25) is 0 Å². The Morgan fingerprint density at radius 2 is 2.13 bits per heavy atom. The summed E-state index contributed by atoms with van der Waals surface area (Å²) in [7, 11) is 1.94. The van der Waals surface area contributed by atoms with Gasteiger partial charge in [-0.1, -0.05) is 23.9 Å². The van der Waals surface area contributed by atoms with Gasteiger partial charge in [0.2, 0.25) is 5.91 Å². The topological polar surface area (TPSA) is 63.9 Å². The number of hydrogen-bond acceptors (Lipinski definition) is 7. The molecule has 0 fully saturated rings. The van der Waals surface area contributed by atoms with Gasteiger partial charge in [0.25, 0.3) is 0 Å². The van der Waals surface area contributed by atoms with Crippen LogP contribution in [0.15, 0.2) is 46.2 Å². The molecule has 30 heavy (non-hydrogen) atoms. The summed E-state index contributed by atoms with van der Waals surface area (Å²) in [6, 6.07) is 10.3. The van der Waals surface area contributed by atoms with Gasteiger partial charge in [0, 0.05) is 30.2 Å². The highest BCUT2D eigenvalue weighted by molar-refractivity contribution is 7.99. The van der Waals surface area contributed by atoms with Gasteiger partial charge < -0.3 is 9.47 Å². The van der Waals surface area contributed by atoms with E-state index in [1.54, 1.807) is 22.7 Å². The fraction of sp³-hybridized carbons (Fsp3) is 0.238. The van der Waals surface area contributed by atoms with Crippen molar-refractivity contribution in [1.82, 2.24) is 19.7 Å². The minimum atomic E-state index is 0.0941. The Balaban J connectivity index is 1.28. The maximum Gasteiger partial charge on any atom is 0.237 e. The first-order valence-electron chi connectivity index (χ1n) is 9.52. The van der Waals surface area contributed by atoms with E-state index in [-0.39, 0.29) is 5.91 Å². The van der Waals surface area contributed by atoms with Gasteiger partial charge in [-0.15, -0.1) is 32.9 Å². The van der Waals surface area contributed by atoms with E-state index in [0.29, 0.717) is 12.3 Å². The van der Waals surface area contributed by atoms with Gasteiger partial charge in [0.05, 0.1) is 21.3 Å². The lowest BCUT2D eigenvalue weighted by Crippen LogP contribution is -2.30. The molecule has 3 aromatic heterocycles. The molecule has 9 heteroatoms. The van der Waals surface area contributed by atoms with E-state index < -0.39 is 0 Å². The van der Waals surface area contributed by atoms with Crippen molar-refractivity contribution >= 4 is 46.0 Å². The number of aromatic nitrogens is 4. The quantitative estimate of drug-likeness (QED) is 0.411. The molecule has 1 aromatic carbocycles. The van der Waals surface area contributed by atoms with Crippen LogP contribution in [0, 0.1) is 6.92 Å². The van der Waals surface area contributed by atoms with Crippen LogP contribution in [0.1, 0.15) is 10.6 Å². The largest absolute Gasteiger partial charge is 0.311 e. The van der Waals surface area contributed by atoms with E-state index in [1.165, 1.54) is 17.3 Å². The zero-order valence-electron chi connectivity index (χ0n) is 16.5. The Hall–Kier alpha value is -2.49. The SMILES string of the molecule is Cc1nc(-c2ccc3c(c2)CCN3C(=O)CSc2nnc(-c3cccs3)n2C)cs1. The number of thiazole rings is 1. The molecule has 1 aliphatic rings. The lowest BCUT2D eigenvalue weighted by Gasteiger charge is -2.17. The molecule has 0 saturated heterocycles. The number of hydrogen-bond donors (Lipinski definition) is 0. The molecule has 6 nitrogen and oxygen atoms in total. The standard InChI is InChI=1S/C21H19N5OS3/c1-13-22-16(11-29-13)14-5-6-17-15(10-14)7-8-26(17)19(27)12-30-21-24-23-20(25(21)2)18-4-3-9-28-18/h3-6,9-11H,7-8,12H2,1-2H3. The summed E-state index contributed by atoms with van der Waals surface area (Å²) < 4.78 is 1.95. The van der Waals surface area contributed by atoms with Crippen LogP contribution in [0.25, 0.3) is 22.0 Å². The number of aryl methyl sites for hydroxylation is 1. The zero-order valence-corrected chi connectivity index (χ0v) is 19.0. The fourth-order valence-electron chi connectivity index (χ4n) is 3.58. The summed E-state index contributed by atoms with van der Waals surface area (Å²) in [5.74, 6) is 1.26. The third-order valence-corrected chi connectivity index (χ3v) is 7.74. The van der Waals surface area contributed by atoms with Crippen LogP contribution in [-0.2, 0) is 18.3 Å². The summed E-state index contributed by atoms with van der Waals surface area (Å²) in [6.07, 6.45) is 0.870. The van der Waals surface area contributed by atoms with Crippen molar-refractivity contribution in [1.29, 1.82) is 0 Å². The highest BCUT2D eigenvalue weighted by Gasteiger charge is 2.26. The van der Waals surface area contributed by atoms with Gasteiger partial charge in [-0.3, -0.25) is 4.79 Å². The number of fused-ring (bicyclic) bond motifs is 1. The second-order valence-corrected chi connectivity index (χ2v) is 9.97. The number of amides is 1. The first-order valence-corrected chi connectivity index (χ1v) is 12.3. The number of rotatable bonds is 5. The molecule has 4 aromatic rings. The molecule has 152 valence electrons. The summed E-state index contributed by atoms with van der Waals surface area (Å²) in [5.41, 5.74) is 4.33. The van der Waals surface area contributed by atoms with E-state index in [2.05, 4.69) is 32.7 Å². The Kier molecular flexibility index (Phi) is 5.18. The van der Waals surface area contributed by atoms with Crippen LogP contribution in [-0.4, -0.2) is 38.0 Å². The minimum Gasteiger partial charge on any atom is -0.311 e. The molecule has 1 aliphatic heterocycles.